The highest BCUT2D eigenvalue weighted by atomic mass is 79.9. The molecule has 0 aromatic heterocycles. The lowest BCUT2D eigenvalue weighted by atomic mass is 9.80. The Hall–Kier alpha value is -1.17. The van der Waals surface area contributed by atoms with E-state index in [0.717, 1.165) is 56.2 Å². The van der Waals surface area contributed by atoms with E-state index in [0.29, 0.717) is 5.56 Å². The van der Waals surface area contributed by atoms with Gasteiger partial charge in [0.2, 0.25) is 0 Å². The number of halogens is 1. The summed E-state index contributed by atoms with van der Waals surface area (Å²) in [6, 6.07) is 9.32. The number of hydrogen-bond donors (Lipinski definition) is 1. The molecule has 3 unspecified atom stereocenters. The number of rotatable bonds is 6. The van der Waals surface area contributed by atoms with Crippen molar-refractivity contribution in [1.82, 2.24) is 0 Å². The highest BCUT2D eigenvalue weighted by Gasteiger charge is 2.49. The lowest BCUT2D eigenvalue weighted by Gasteiger charge is -2.33. The van der Waals surface area contributed by atoms with Crippen LogP contribution in [0.3, 0.4) is 0 Å². The Balaban J connectivity index is 0.00000243. The van der Waals surface area contributed by atoms with Crippen LogP contribution in [0.5, 0.6) is 0 Å². The Labute approximate surface area is 167 Å². The first kappa shape index (κ1) is 21.1. The molecule has 1 aromatic rings. The number of likely N-dealkylation sites (N-methyl/N-ethyl adjacent to an activating group) is 1. The van der Waals surface area contributed by atoms with Crippen molar-refractivity contribution >= 4 is 5.97 Å². The van der Waals surface area contributed by atoms with Gasteiger partial charge in [-0.1, -0.05) is 49.8 Å². The lowest BCUT2D eigenvalue weighted by Crippen LogP contribution is -3.00. The van der Waals surface area contributed by atoms with Crippen LogP contribution in [0.4, 0.5) is 0 Å². The fraction of sp³-hybridized carbons (Fsp3) is 0.571. The van der Waals surface area contributed by atoms with Gasteiger partial charge in [0.25, 0.3) is 0 Å². The maximum atomic E-state index is 13.1. The van der Waals surface area contributed by atoms with Crippen molar-refractivity contribution in [1.29, 1.82) is 0 Å². The van der Waals surface area contributed by atoms with Crippen LogP contribution in [-0.2, 0) is 15.1 Å². The van der Waals surface area contributed by atoms with Crippen LogP contribution in [0.15, 0.2) is 43.0 Å². The SMILES string of the molecule is C=CC[N+]1(C)CCC(OC(=O)C(O)(c2ccccc2)C2CCCC2)C1.[Br-]. The number of esters is 1. The largest absolute Gasteiger partial charge is 1.00 e. The topological polar surface area (TPSA) is 46.5 Å². The molecule has 1 N–H and O–H groups in total. The van der Waals surface area contributed by atoms with E-state index in [1.807, 2.05) is 36.4 Å². The summed E-state index contributed by atoms with van der Waals surface area (Å²) >= 11 is 0. The van der Waals surface area contributed by atoms with Crippen LogP contribution in [0, 0.1) is 5.92 Å². The highest BCUT2D eigenvalue weighted by molar-refractivity contribution is 5.81. The molecule has 1 saturated heterocycles. The summed E-state index contributed by atoms with van der Waals surface area (Å²) < 4.78 is 6.69. The average Bonchev–Trinajstić information content (AvgIpc) is 3.26. The quantitative estimate of drug-likeness (QED) is 0.398. The summed E-state index contributed by atoms with van der Waals surface area (Å²) in [6.07, 6.45) is 6.49. The molecule has 1 aliphatic heterocycles. The number of ether oxygens (including phenoxy) is 1. The van der Waals surface area contributed by atoms with Crippen LogP contribution in [0.25, 0.3) is 0 Å². The van der Waals surface area contributed by atoms with Gasteiger partial charge in [-0.2, -0.15) is 0 Å². The van der Waals surface area contributed by atoms with Gasteiger partial charge in [-0.25, -0.2) is 4.79 Å². The number of likely N-dealkylation sites (tertiary alicyclic amines) is 1. The summed E-state index contributed by atoms with van der Waals surface area (Å²) in [5.74, 6) is -0.527. The molecular formula is C21H30BrNO3. The van der Waals surface area contributed by atoms with Gasteiger partial charge in [-0.15, -0.1) is 0 Å². The molecule has 2 aliphatic rings. The third kappa shape index (κ3) is 4.21. The van der Waals surface area contributed by atoms with Gasteiger partial charge in [-0.05, 0) is 24.5 Å². The normalized spacial score (nSPS) is 28.2. The third-order valence-electron chi connectivity index (χ3n) is 5.95. The first-order valence-corrected chi connectivity index (χ1v) is 9.41. The van der Waals surface area contributed by atoms with Crippen LogP contribution in [0.1, 0.15) is 37.7 Å². The molecular weight excluding hydrogens is 394 g/mol. The monoisotopic (exact) mass is 423 g/mol. The second-order valence-corrected chi connectivity index (χ2v) is 7.93. The predicted molar refractivity (Wildman–Crippen MR) is 97.8 cm³/mol. The van der Waals surface area contributed by atoms with Crippen molar-refractivity contribution in [3.8, 4) is 0 Å². The summed E-state index contributed by atoms with van der Waals surface area (Å²) in [7, 11) is 2.16. The molecule has 1 aromatic carbocycles. The van der Waals surface area contributed by atoms with E-state index < -0.39 is 11.6 Å². The Morgan fingerprint density at radius 2 is 1.96 bits per heavy atom. The molecule has 0 radical (unpaired) electrons. The molecule has 0 bridgehead atoms. The number of hydrogen-bond acceptors (Lipinski definition) is 3. The van der Waals surface area contributed by atoms with E-state index >= 15 is 0 Å². The fourth-order valence-electron chi connectivity index (χ4n) is 4.50. The second kappa shape index (κ2) is 8.68. The van der Waals surface area contributed by atoms with Crippen molar-refractivity contribution in [2.24, 2.45) is 5.92 Å². The smallest absolute Gasteiger partial charge is 0.343 e. The van der Waals surface area contributed by atoms with Crippen LogP contribution in [-0.4, -0.2) is 48.3 Å². The molecule has 1 aliphatic carbocycles. The first-order chi connectivity index (χ1) is 12.0. The Morgan fingerprint density at radius 1 is 1.31 bits per heavy atom. The number of nitrogens with zero attached hydrogens (tertiary/aromatic N) is 1. The fourth-order valence-corrected chi connectivity index (χ4v) is 4.50. The van der Waals surface area contributed by atoms with Crippen LogP contribution in [0.2, 0.25) is 0 Å². The molecule has 4 nitrogen and oxygen atoms in total. The molecule has 144 valence electrons. The predicted octanol–water partition coefficient (Wildman–Crippen LogP) is 0.0165. The van der Waals surface area contributed by atoms with Gasteiger partial charge < -0.3 is 31.3 Å². The van der Waals surface area contributed by atoms with Gasteiger partial charge in [0.15, 0.2) is 11.7 Å². The van der Waals surface area contributed by atoms with E-state index in [2.05, 4.69) is 13.6 Å². The van der Waals surface area contributed by atoms with Gasteiger partial charge in [0, 0.05) is 12.3 Å². The molecule has 2 fully saturated rings. The maximum Gasteiger partial charge on any atom is 0.343 e. The van der Waals surface area contributed by atoms with Crippen molar-refractivity contribution in [3.63, 3.8) is 0 Å². The van der Waals surface area contributed by atoms with E-state index in [4.69, 9.17) is 4.74 Å². The van der Waals surface area contributed by atoms with Crippen LogP contribution >= 0.6 is 0 Å². The minimum absolute atomic E-state index is 0. The van der Waals surface area contributed by atoms with Gasteiger partial charge in [0.05, 0.1) is 20.1 Å². The standard InChI is InChI=1S/C21H30NO3.BrH/c1-3-14-22(2)15-13-19(16-22)25-20(23)21(24,18-11-7-8-12-18)17-9-5-4-6-10-17;/h3-6,9-10,18-19,24H,1,7-8,11-16H2,2H3;1H/q+1;/p-1. The second-order valence-electron chi connectivity index (χ2n) is 7.93. The number of quaternary nitrogens is 1. The average molecular weight is 424 g/mol. The van der Waals surface area contributed by atoms with Crippen molar-refractivity contribution < 1.29 is 36.1 Å². The summed E-state index contributed by atoms with van der Waals surface area (Å²) in [5, 5.41) is 11.4. The molecule has 0 spiro atoms. The third-order valence-corrected chi connectivity index (χ3v) is 5.95. The Bertz CT molecular complexity index is 617. The van der Waals surface area contributed by atoms with Gasteiger partial charge >= 0.3 is 5.97 Å². The number of carbonyl (C=O) groups is 1. The molecule has 3 rings (SSSR count). The zero-order chi connectivity index (χ0) is 17.9. The maximum absolute atomic E-state index is 13.1. The molecule has 26 heavy (non-hydrogen) atoms. The van der Waals surface area contributed by atoms with Crippen LogP contribution < -0.4 is 17.0 Å². The summed E-state index contributed by atoms with van der Waals surface area (Å²) in [4.78, 5) is 13.1. The molecule has 1 heterocycles. The lowest BCUT2D eigenvalue weighted by molar-refractivity contribution is -0.893. The summed E-state index contributed by atoms with van der Waals surface area (Å²) in [6.45, 7) is 6.45. The number of carbonyl (C=O) groups excluding carboxylic acids is 1. The zero-order valence-electron chi connectivity index (χ0n) is 15.6. The van der Waals surface area contributed by atoms with Crippen molar-refractivity contribution in [2.45, 2.75) is 43.8 Å². The van der Waals surface area contributed by atoms with Gasteiger partial charge in [0.1, 0.15) is 6.54 Å². The summed E-state index contributed by atoms with van der Waals surface area (Å²) in [5.41, 5.74) is -0.865. The number of benzene rings is 1. The van der Waals surface area contributed by atoms with E-state index in [-0.39, 0.29) is 29.0 Å². The first-order valence-electron chi connectivity index (χ1n) is 9.41. The van der Waals surface area contributed by atoms with Crippen molar-refractivity contribution in [3.05, 3.63) is 48.6 Å². The molecule has 3 atom stereocenters. The van der Waals surface area contributed by atoms with E-state index in [9.17, 15) is 9.90 Å². The van der Waals surface area contributed by atoms with Crippen molar-refractivity contribution in [2.75, 3.05) is 26.7 Å². The van der Waals surface area contributed by atoms with E-state index in [1.165, 1.54) is 0 Å². The molecule has 5 heteroatoms. The minimum atomic E-state index is -1.53. The van der Waals surface area contributed by atoms with Gasteiger partial charge in [-0.3, -0.25) is 0 Å². The highest BCUT2D eigenvalue weighted by Crippen LogP contribution is 2.42. The molecule has 1 saturated carbocycles. The minimum Gasteiger partial charge on any atom is -1.00 e. The zero-order valence-corrected chi connectivity index (χ0v) is 17.2. The Kier molecular flexibility index (Phi) is 7.05. The molecule has 0 amide bonds. The van der Waals surface area contributed by atoms with E-state index in [1.54, 1.807) is 0 Å². The number of aliphatic hydroxyl groups is 1. The Morgan fingerprint density at radius 3 is 2.58 bits per heavy atom.